The minimum absolute atomic E-state index is 0.180. The maximum absolute atomic E-state index is 3.52. The van der Waals surface area contributed by atoms with Gasteiger partial charge in [0, 0.05) is 18.5 Å². The highest BCUT2D eigenvalue weighted by atomic mass is 15.1. The number of rotatable bonds is 9. The summed E-state index contributed by atoms with van der Waals surface area (Å²) in [7, 11) is 2.24. The second-order valence-electron chi connectivity index (χ2n) is 5.80. The molecule has 1 unspecified atom stereocenters. The van der Waals surface area contributed by atoms with Gasteiger partial charge in [-0.1, -0.05) is 57.5 Å². The van der Waals surface area contributed by atoms with Gasteiger partial charge in [0.25, 0.3) is 0 Å². The molecule has 0 aliphatic carbocycles. The van der Waals surface area contributed by atoms with Gasteiger partial charge in [0.05, 0.1) is 0 Å². The highest BCUT2D eigenvalue weighted by molar-refractivity contribution is 5.25. The number of hydrogen-bond donors (Lipinski definition) is 1. The van der Waals surface area contributed by atoms with Crippen LogP contribution in [0, 0.1) is 0 Å². The van der Waals surface area contributed by atoms with Crippen molar-refractivity contribution in [3.05, 3.63) is 35.9 Å². The molecule has 1 rings (SSSR count). The Hall–Kier alpha value is -0.860. The summed E-state index contributed by atoms with van der Waals surface area (Å²) in [6, 6.07) is 10.9. The van der Waals surface area contributed by atoms with Gasteiger partial charge in [0.1, 0.15) is 0 Å². The zero-order valence-electron chi connectivity index (χ0n) is 13.1. The van der Waals surface area contributed by atoms with E-state index in [1.807, 2.05) is 0 Å². The Bertz CT molecular complexity index is 336. The van der Waals surface area contributed by atoms with Crippen LogP contribution in [0.5, 0.6) is 0 Å². The van der Waals surface area contributed by atoms with E-state index >= 15 is 0 Å². The fourth-order valence-electron chi connectivity index (χ4n) is 2.59. The van der Waals surface area contributed by atoms with E-state index < -0.39 is 0 Å². The van der Waals surface area contributed by atoms with Gasteiger partial charge in [0.15, 0.2) is 0 Å². The minimum Gasteiger partial charge on any atom is -0.316 e. The number of benzene rings is 1. The van der Waals surface area contributed by atoms with E-state index in [9.17, 15) is 0 Å². The van der Waals surface area contributed by atoms with Crippen molar-refractivity contribution in [2.24, 2.45) is 0 Å². The van der Waals surface area contributed by atoms with Gasteiger partial charge < -0.3 is 10.2 Å². The van der Waals surface area contributed by atoms with E-state index in [1.54, 1.807) is 0 Å². The Labute approximate surface area is 119 Å². The lowest BCUT2D eigenvalue weighted by Crippen LogP contribution is -2.44. The standard InChI is InChI=1S/C17H30N2/c1-5-7-13-19(4)15-17(3,14-18-6-2)16-11-9-8-10-12-16/h8-12,18H,5-7,13-15H2,1-4H3. The maximum atomic E-state index is 3.52. The van der Waals surface area contributed by atoms with Crippen LogP contribution >= 0.6 is 0 Å². The summed E-state index contributed by atoms with van der Waals surface area (Å²) in [6.45, 7) is 11.1. The summed E-state index contributed by atoms with van der Waals surface area (Å²) in [5.41, 5.74) is 1.61. The van der Waals surface area contributed by atoms with Crippen molar-refractivity contribution in [2.75, 3.05) is 33.2 Å². The molecule has 108 valence electrons. The Kier molecular flexibility index (Phi) is 7.11. The highest BCUT2D eigenvalue weighted by Crippen LogP contribution is 2.24. The van der Waals surface area contributed by atoms with Crippen LogP contribution in [0.2, 0.25) is 0 Å². The summed E-state index contributed by atoms with van der Waals surface area (Å²) in [6.07, 6.45) is 2.54. The molecule has 0 radical (unpaired) electrons. The first kappa shape index (κ1) is 16.2. The first-order valence-corrected chi connectivity index (χ1v) is 7.57. The lowest BCUT2D eigenvalue weighted by molar-refractivity contribution is 0.247. The average Bonchev–Trinajstić information content (AvgIpc) is 2.44. The van der Waals surface area contributed by atoms with Crippen LogP contribution in [0.3, 0.4) is 0 Å². The molecule has 0 saturated heterocycles. The largest absolute Gasteiger partial charge is 0.316 e. The lowest BCUT2D eigenvalue weighted by atomic mass is 9.81. The maximum Gasteiger partial charge on any atom is 0.0176 e. The third-order valence-electron chi connectivity index (χ3n) is 3.75. The molecule has 1 aromatic rings. The van der Waals surface area contributed by atoms with Crippen molar-refractivity contribution < 1.29 is 0 Å². The van der Waals surface area contributed by atoms with E-state index in [1.165, 1.54) is 24.9 Å². The highest BCUT2D eigenvalue weighted by Gasteiger charge is 2.27. The predicted molar refractivity (Wildman–Crippen MR) is 84.7 cm³/mol. The van der Waals surface area contributed by atoms with Crippen molar-refractivity contribution in [1.29, 1.82) is 0 Å². The molecule has 0 fully saturated rings. The smallest absolute Gasteiger partial charge is 0.0176 e. The first-order chi connectivity index (χ1) is 9.12. The molecule has 1 aromatic carbocycles. The van der Waals surface area contributed by atoms with Crippen LogP contribution in [0.1, 0.15) is 39.2 Å². The normalized spacial score (nSPS) is 14.6. The Balaban J connectivity index is 2.75. The average molecular weight is 262 g/mol. The molecule has 0 aromatic heterocycles. The SMILES string of the molecule is CCCCN(C)CC(C)(CNCC)c1ccccc1. The van der Waals surface area contributed by atoms with Crippen molar-refractivity contribution >= 4 is 0 Å². The zero-order chi connectivity index (χ0) is 14.1. The lowest BCUT2D eigenvalue weighted by Gasteiger charge is -2.35. The number of hydrogen-bond acceptors (Lipinski definition) is 2. The summed E-state index contributed by atoms with van der Waals surface area (Å²) in [5, 5.41) is 3.52. The Morgan fingerprint density at radius 1 is 1.16 bits per heavy atom. The second-order valence-corrected chi connectivity index (χ2v) is 5.80. The van der Waals surface area contributed by atoms with Gasteiger partial charge in [0.2, 0.25) is 0 Å². The molecule has 0 aliphatic heterocycles. The third-order valence-corrected chi connectivity index (χ3v) is 3.75. The quantitative estimate of drug-likeness (QED) is 0.734. The van der Waals surface area contributed by atoms with E-state index in [0.29, 0.717) is 0 Å². The van der Waals surface area contributed by atoms with Crippen LogP contribution in [-0.2, 0) is 5.41 Å². The van der Waals surface area contributed by atoms with Gasteiger partial charge >= 0.3 is 0 Å². The summed E-state index contributed by atoms with van der Waals surface area (Å²) in [4.78, 5) is 2.47. The number of unbranched alkanes of at least 4 members (excludes halogenated alkanes) is 1. The van der Waals surface area contributed by atoms with Crippen molar-refractivity contribution in [3.8, 4) is 0 Å². The molecule has 0 bridgehead atoms. The topological polar surface area (TPSA) is 15.3 Å². The van der Waals surface area contributed by atoms with Gasteiger partial charge in [-0.3, -0.25) is 0 Å². The molecule has 0 spiro atoms. The fourth-order valence-corrected chi connectivity index (χ4v) is 2.59. The zero-order valence-corrected chi connectivity index (χ0v) is 13.1. The minimum atomic E-state index is 0.180. The predicted octanol–water partition coefficient (Wildman–Crippen LogP) is 3.29. The third kappa shape index (κ3) is 5.33. The number of nitrogens with one attached hydrogen (secondary N) is 1. The van der Waals surface area contributed by atoms with E-state index in [-0.39, 0.29) is 5.41 Å². The molecular formula is C17H30N2. The molecule has 0 heterocycles. The molecular weight excluding hydrogens is 232 g/mol. The monoisotopic (exact) mass is 262 g/mol. The summed E-state index contributed by atoms with van der Waals surface area (Å²) < 4.78 is 0. The van der Waals surface area contributed by atoms with Crippen LogP contribution in [0.15, 0.2) is 30.3 Å². The Morgan fingerprint density at radius 3 is 2.42 bits per heavy atom. The molecule has 2 nitrogen and oxygen atoms in total. The van der Waals surface area contributed by atoms with Crippen LogP contribution in [0.25, 0.3) is 0 Å². The van der Waals surface area contributed by atoms with Crippen LogP contribution in [0.4, 0.5) is 0 Å². The van der Waals surface area contributed by atoms with E-state index in [0.717, 1.165) is 19.6 Å². The van der Waals surface area contributed by atoms with Gasteiger partial charge in [-0.15, -0.1) is 0 Å². The number of likely N-dealkylation sites (N-methyl/N-ethyl adjacent to an activating group) is 2. The van der Waals surface area contributed by atoms with E-state index in [2.05, 4.69) is 68.4 Å². The Morgan fingerprint density at radius 2 is 1.84 bits per heavy atom. The van der Waals surface area contributed by atoms with Crippen LogP contribution in [-0.4, -0.2) is 38.1 Å². The summed E-state index contributed by atoms with van der Waals surface area (Å²) >= 11 is 0. The van der Waals surface area contributed by atoms with Crippen molar-refractivity contribution in [1.82, 2.24) is 10.2 Å². The molecule has 0 saturated carbocycles. The van der Waals surface area contributed by atoms with E-state index in [4.69, 9.17) is 0 Å². The second kappa shape index (κ2) is 8.34. The summed E-state index contributed by atoms with van der Waals surface area (Å²) in [5.74, 6) is 0. The molecule has 1 N–H and O–H groups in total. The molecule has 19 heavy (non-hydrogen) atoms. The number of nitrogens with zero attached hydrogens (tertiary/aromatic N) is 1. The molecule has 1 atom stereocenters. The van der Waals surface area contributed by atoms with Gasteiger partial charge in [-0.25, -0.2) is 0 Å². The van der Waals surface area contributed by atoms with Crippen molar-refractivity contribution in [2.45, 2.75) is 39.0 Å². The molecule has 0 amide bonds. The van der Waals surface area contributed by atoms with Gasteiger partial charge in [-0.05, 0) is 32.1 Å². The molecule has 2 heteroatoms. The fraction of sp³-hybridized carbons (Fsp3) is 0.647. The van der Waals surface area contributed by atoms with Crippen molar-refractivity contribution in [3.63, 3.8) is 0 Å². The van der Waals surface area contributed by atoms with Crippen LogP contribution < -0.4 is 5.32 Å². The van der Waals surface area contributed by atoms with Gasteiger partial charge in [-0.2, -0.15) is 0 Å². The molecule has 0 aliphatic rings. The first-order valence-electron chi connectivity index (χ1n) is 7.57.